The van der Waals surface area contributed by atoms with Gasteiger partial charge in [-0.05, 0) is 13.8 Å². The molecule has 0 bridgehead atoms. The minimum Gasteiger partial charge on any atom is -0.461 e. The third kappa shape index (κ3) is 4.01. The number of hydrogen-bond acceptors (Lipinski definition) is 5. The van der Waals surface area contributed by atoms with Crippen LogP contribution in [0.2, 0.25) is 0 Å². The number of carbonyl (C=O) groups is 1. The molecular weight excluding hydrogens is 214 g/mol. The molecule has 5 heteroatoms. The van der Waals surface area contributed by atoms with Crippen molar-refractivity contribution in [3.8, 4) is 0 Å². The average Bonchev–Trinajstić information content (AvgIpc) is 2.14. The van der Waals surface area contributed by atoms with E-state index in [0.29, 0.717) is 5.75 Å². The molecule has 0 amide bonds. The first-order valence-electron chi connectivity index (χ1n) is 5.25. The molecule has 3 atom stereocenters. The maximum absolute atomic E-state index is 11.4. The number of ether oxygens (including phenoxy) is 2. The van der Waals surface area contributed by atoms with E-state index in [4.69, 9.17) is 15.2 Å². The molecule has 15 heavy (non-hydrogen) atoms. The Morgan fingerprint density at radius 1 is 1.53 bits per heavy atom. The van der Waals surface area contributed by atoms with Crippen molar-refractivity contribution in [2.24, 2.45) is 5.73 Å². The highest BCUT2D eigenvalue weighted by Gasteiger charge is 2.28. The Kier molecular flexibility index (Phi) is 4.89. The molecule has 1 rings (SSSR count). The van der Waals surface area contributed by atoms with Gasteiger partial charge in [-0.1, -0.05) is 0 Å². The van der Waals surface area contributed by atoms with Gasteiger partial charge in [0.2, 0.25) is 0 Å². The molecule has 0 aliphatic carbocycles. The second-order valence-electron chi connectivity index (χ2n) is 4.08. The van der Waals surface area contributed by atoms with Gasteiger partial charge in [-0.3, -0.25) is 4.79 Å². The molecule has 1 aliphatic heterocycles. The lowest BCUT2D eigenvalue weighted by atomic mass is 10.0. The lowest BCUT2D eigenvalue weighted by molar-refractivity contribution is -0.160. The lowest BCUT2D eigenvalue weighted by Gasteiger charge is -2.32. The van der Waals surface area contributed by atoms with Crippen LogP contribution in [0.5, 0.6) is 0 Å². The number of rotatable bonds is 3. The summed E-state index contributed by atoms with van der Waals surface area (Å²) in [5.74, 6) is -0.0519. The SMILES string of the molecule is CC1CC(OC(=O)[C@H](N)CS)CC(C)O1. The van der Waals surface area contributed by atoms with Crippen molar-refractivity contribution in [3.05, 3.63) is 0 Å². The molecule has 4 nitrogen and oxygen atoms in total. The van der Waals surface area contributed by atoms with E-state index in [2.05, 4.69) is 12.6 Å². The van der Waals surface area contributed by atoms with E-state index in [1.54, 1.807) is 0 Å². The zero-order chi connectivity index (χ0) is 11.4. The monoisotopic (exact) mass is 233 g/mol. The minimum atomic E-state index is -0.623. The van der Waals surface area contributed by atoms with Crippen LogP contribution in [-0.2, 0) is 14.3 Å². The number of thiol groups is 1. The summed E-state index contributed by atoms with van der Waals surface area (Å²) >= 11 is 3.96. The molecule has 1 heterocycles. The molecule has 1 fully saturated rings. The Morgan fingerprint density at radius 3 is 2.53 bits per heavy atom. The highest BCUT2D eigenvalue weighted by molar-refractivity contribution is 7.80. The highest BCUT2D eigenvalue weighted by Crippen LogP contribution is 2.21. The van der Waals surface area contributed by atoms with E-state index >= 15 is 0 Å². The zero-order valence-corrected chi connectivity index (χ0v) is 10.1. The van der Waals surface area contributed by atoms with Crippen LogP contribution in [0.1, 0.15) is 26.7 Å². The van der Waals surface area contributed by atoms with Crippen LogP contribution in [-0.4, -0.2) is 36.1 Å². The predicted octanol–water partition coefficient (Wildman–Crippen LogP) is 0.743. The van der Waals surface area contributed by atoms with Gasteiger partial charge in [-0.25, -0.2) is 0 Å². The van der Waals surface area contributed by atoms with Crippen molar-refractivity contribution in [3.63, 3.8) is 0 Å². The smallest absolute Gasteiger partial charge is 0.324 e. The average molecular weight is 233 g/mol. The van der Waals surface area contributed by atoms with Gasteiger partial charge in [-0.15, -0.1) is 0 Å². The van der Waals surface area contributed by atoms with Crippen LogP contribution in [0.4, 0.5) is 0 Å². The van der Waals surface area contributed by atoms with Crippen molar-refractivity contribution in [1.82, 2.24) is 0 Å². The van der Waals surface area contributed by atoms with E-state index in [1.807, 2.05) is 13.8 Å². The molecule has 88 valence electrons. The first-order valence-corrected chi connectivity index (χ1v) is 5.88. The Bertz CT molecular complexity index is 215. The van der Waals surface area contributed by atoms with Gasteiger partial charge in [0.05, 0.1) is 12.2 Å². The third-order valence-corrected chi connectivity index (χ3v) is 2.83. The van der Waals surface area contributed by atoms with Gasteiger partial charge >= 0.3 is 5.97 Å². The molecule has 2 N–H and O–H groups in total. The van der Waals surface area contributed by atoms with Crippen LogP contribution in [0.15, 0.2) is 0 Å². The van der Waals surface area contributed by atoms with Gasteiger partial charge in [0.25, 0.3) is 0 Å². The Balaban J connectivity index is 2.40. The third-order valence-electron chi connectivity index (χ3n) is 2.44. The quantitative estimate of drug-likeness (QED) is 0.557. The number of nitrogens with two attached hydrogens (primary N) is 1. The molecule has 1 saturated heterocycles. The van der Waals surface area contributed by atoms with Crippen LogP contribution in [0.25, 0.3) is 0 Å². The Labute approximate surface area is 95.9 Å². The molecule has 0 radical (unpaired) electrons. The number of carbonyl (C=O) groups excluding carboxylic acids is 1. The second kappa shape index (κ2) is 5.72. The fourth-order valence-electron chi connectivity index (χ4n) is 1.77. The zero-order valence-electron chi connectivity index (χ0n) is 9.18. The molecule has 0 aromatic carbocycles. The van der Waals surface area contributed by atoms with Crippen LogP contribution in [0, 0.1) is 0 Å². The lowest BCUT2D eigenvalue weighted by Crippen LogP contribution is -2.40. The van der Waals surface area contributed by atoms with E-state index in [9.17, 15) is 4.79 Å². The minimum absolute atomic E-state index is 0.0674. The summed E-state index contributed by atoms with van der Waals surface area (Å²) in [5.41, 5.74) is 5.52. The summed E-state index contributed by atoms with van der Waals surface area (Å²) in [6.45, 7) is 3.96. The van der Waals surface area contributed by atoms with Crippen LogP contribution < -0.4 is 5.73 Å². The molecule has 2 unspecified atom stereocenters. The van der Waals surface area contributed by atoms with Gasteiger partial charge in [0, 0.05) is 18.6 Å². The fourth-order valence-corrected chi connectivity index (χ4v) is 1.92. The Morgan fingerprint density at radius 2 is 2.07 bits per heavy atom. The largest absolute Gasteiger partial charge is 0.461 e. The van der Waals surface area contributed by atoms with Gasteiger partial charge in [-0.2, -0.15) is 12.6 Å². The van der Waals surface area contributed by atoms with Crippen molar-refractivity contribution < 1.29 is 14.3 Å². The number of hydrogen-bond donors (Lipinski definition) is 2. The van der Waals surface area contributed by atoms with Gasteiger partial charge < -0.3 is 15.2 Å². The van der Waals surface area contributed by atoms with E-state index in [0.717, 1.165) is 12.8 Å². The first-order chi connectivity index (χ1) is 7.02. The normalized spacial score (nSPS) is 33.5. The van der Waals surface area contributed by atoms with Crippen LogP contribution >= 0.6 is 12.6 Å². The fraction of sp³-hybridized carbons (Fsp3) is 0.900. The molecule has 0 saturated carbocycles. The van der Waals surface area contributed by atoms with Gasteiger partial charge in [0.15, 0.2) is 0 Å². The summed E-state index contributed by atoms with van der Waals surface area (Å²) in [6, 6.07) is -0.623. The topological polar surface area (TPSA) is 61.5 Å². The molecule has 0 aromatic heterocycles. The Hall–Kier alpha value is -0.260. The van der Waals surface area contributed by atoms with E-state index < -0.39 is 6.04 Å². The second-order valence-corrected chi connectivity index (χ2v) is 4.44. The number of esters is 1. The summed E-state index contributed by atoms with van der Waals surface area (Å²) in [6.07, 6.45) is 1.70. The summed E-state index contributed by atoms with van der Waals surface area (Å²) < 4.78 is 10.8. The molecule has 0 spiro atoms. The summed E-state index contributed by atoms with van der Waals surface area (Å²) in [7, 11) is 0. The van der Waals surface area contributed by atoms with E-state index in [-0.39, 0.29) is 24.3 Å². The van der Waals surface area contributed by atoms with Crippen LogP contribution in [0.3, 0.4) is 0 Å². The summed E-state index contributed by atoms with van der Waals surface area (Å²) in [4.78, 5) is 11.4. The van der Waals surface area contributed by atoms with Crippen molar-refractivity contribution in [1.29, 1.82) is 0 Å². The predicted molar refractivity (Wildman–Crippen MR) is 61.0 cm³/mol. The van der Waals surface area contributed by atoms with Gasteiger partial charge in [0.1, 0.15) is 12.1 Å². The maximum atomic E-state index is 11.4. The van der Waals surface area contributed by atoms with Crippen molar-refractivity contribution in [2.45, 2.75) is 51.0 Å². The van der Waals surface area contributed by atoms with E-state index in [1.165, 1.54) is 0 Å². The maximum Gasteiger partial charge on any atom is 0.324 e. The van der Waals surface area contributed by atoms with Crippen molar-refractivity contribution in [2.75, 3.05) is 5.75 Å². The van der Waals surface area contributed by atoms with Crippen molar-refractivity contribution >= 4 is 18.6 Å². The molecule has 1 aliphatic rings. The molecule has 0 aromatic rings. The highest BCUT2D eigenvalue weighted by atomic mass is 32.1. The first kappa shape index (κ1) is 12.8. The molecular formula is C10H19NO3S. The standard InChI is InChI=1S/C10H19NO3S/c1-6-3-8(4-7(2)13-6)14-10(12)9(11)5-15/h6-9,15H,3-5,11H2,1-2H3/t6?,7?,8?,9-/m1/s1. The summed E-state index contributed by atoms with van der Waals surface area (Å²) in [5, 5.41) is 0.